The number of nitrogens with zero attached hydrogens (tertiary/aromatic N) is 3. The SMILES string of the molecule is Cn1cc(/C=C/C(=O)N2CCC(CCC(=O)O)C2)cn1. The maximum atomic E-state index is 12.0. The van der Waals surface area contributed by atoms with Crippen molar-refractivity contribution in [2.75, 3.05) is 13.1 Å². The van der Waals surface area contributed by atoms with E-state index in [1.807, 2.05) is 13.2 Å². The van der Waals surface area contributed by atoms with E-state index in [4.69, 9.17) is 5.11 Å². The van der Waals surface area contributed by atoms with Crippen molar-refractivity contribution in [2.24, 2.45) is 13.0 Å². The van der Waals surface area contributed by atoms with Crippen molar-refractivity contribution in [3.8, 4) is 0 Å². The molecule has 1 aliphatic rings. The van der Waals surface area contributed by atoms with Crippen LogP contribution in [-0.2, 0) is 16.6 Å². The Hall–Kier alpha value is -2.11. The van der Waals surface area contributed by atoms with Crippen molar-refractivity contribution < 1.29 is 14.7 Å². The lowest BCUT2D eigenvalue weighted by Crippen LogP contribution is -2.26. The van der Waals surface area contributed by atoms with Gasteiger partial charge in [0.15, 0.2) is 0 Å². The molecule has 6 heteroatoms. The molecule has 1 aliphatic heterocycles. The van der Waals surface area contributed by atoms with Crippen LogP contribution in [0.25, 0.3) is 6.08 Å². The van der Waals surface area contributed by atoms with E-state index in [0.717, 1.165) is 12.0 Å². The first-order chi connectivity index (χ1) is 9.54. The first-order valence-corrected chi connectivity index (χ1v) is 6.72. The molecule has 1 fully saturated rings. The Bertz CT molecular complexity index is 521. The Labute approximate surface area is 117 Å². The number of carboxylic acid groups (broad SMARTS) is 1. The highest BCUT2D eigenvalue weighted by molar-refractivity contribution is 5.91. The maximum absolute atomic E-state index is 12.0. The van der Waals surface area contributed by atoms with Crippen LogP contribution in [0.2, 0.25) is 0 Å². The molecule has 1 unspecified atom stereocenters. The first-order valence-electron chi connectivity index (χ1n) is 6.72. The van der Waals surface area contributed by atoms with Crippen LogP contribution in [0.3, 0.4) is 0 Å². The number of hydrogen-bond donors (Lipinski definition) is 1. The second kappa shape index (κ2) is 6.36. The zero-order chi connectivity index (χ0) is 14.5. The molecule has 0 saturated carbocycles. The zero-order valence-corrected chi connectivity index (χ0v) is 11.5. The van der Waals surface area contributed by atoms with Gasteiger partial charge in [-0.15, -0.1) is 0 Å². The summed E-state index contributed by atoms with van der Waals surface area (Å²) in [5, 5.41) is 12.7. The number of aryl methyl sites for hydroxylation is 1. The molecule has 0 aromatic carbocycles. The molecule has 0 bridgehead atoms. The lowest BCUT2D eigenvalue weighted by atomic mass is 10.0. The number of aromatic nitrogens is 2. The molecule has 2 rings (SSSR count). The topological polar surface area (TPSA) is 75.4 Å². The summed E-state index contributed by atoms with van der Waals surface area (Å²) < 4.78 is 1.68. The molecule has 1 atom stereocenters. The van der Waals surface area contributed by atoms with Crippen LogP contribution in [0.1, 0.15) is 24.8 Å². The fourth-order valence-electron chi connectivity index (χ4n) is 2.40. The van der Waals surface area contributed by atoms with E-state index >= 15 is 0 Å². The van der Waals surface area contributed by atoms with Gasteiger partial charge >= 0.3 is 5.97 Å². The Balaban J connectivity index is 1.82. The fourth-order valence-corrected chi connectivity index (χ4v) is 2.40. The zero-order valence-electron chi connectivity index (χ0n) is 11.5. The molecule has 0 radical (unpaired) electrons. The second-order valence-corrected chi connectivity index (χ2v) is 5.15. The molecular formula is C14H19N3O3. The minimum absolute atomic E-state index is 0.0216. The summed E-state index contributed by atoms with van der Waals surface area (Å²) in [5.41, 5.74) is 0.891. The Kier molecular flexibility index (Phi) is 4.55. The van der Waals surface area contributed by atoms with Crippen molar-refractivity contribution in [1.82, 2.24) is 14.7 Å². The summed E-state index contributed by atoms with van der Waals surface area (Å²) >= 11 is 0. The van der Waals surface area contributed by atoms with Crippen LogP contribution in [0.4, 0.5) is 0 Å². The summed E-state index contributed by atoms with van der Waals surface area (Å²) in [5.74, 6) is -0.486. The minimum Gasteiger partial charge on any atom is -0.481 e. The van der Waals surface area contributed by atoms with Crippen LogP contribution in [0.15, 0.2) is 18.5 Å². The molecule has 20 heavy (non-hydrogen) atoms. The van der Waals surface area contributed by atoms with E-state index in [0.29, 0.717) is 25.4 Å². The standard InChI is InChI=1S/C14H19N3O3/c1-16-9-12(8-15-16)2-4-13(18)17-7-6-11(10-17)3-5-14(19)20/h2,4,8-9,11H,3,5-7,10H2,1H3,(H,19,20)/b4-2+. The van der Waals surface area contributed by atoms with E-state index in [9.17, 15) is 9.59 Å². The molecule has 2 heterocycles. The fraction of sp³-hybridized carbons (Fsp3) is 0.500. The number of amides is 1. The molecule has 0 aliphatic carbocycles. The first kappa shape index (κ1) is 14.3. The van der Waals surface area contributed by atoms with Crippen LogP contribution >= 0.6 is 0 Å². The lowest BCUT2D eigenvalue weighted by molar-refractivity contribution is -0.137. The molecule has 108 valence electrons. The molecular weight excluding hydrogens is 258 g/mol. The van der Waals surface area contributed by atoms with Gasteiger partial charge in [-0.3, -0.25) is 14.3 Å². The average molecular weight is 277 g/mol. The normalized spacial score (nSPS) is 18.9. The van der Waals surface area contributed by atoms with E-state index in [2.05, 4.69) is 5.10 Å². The smallest absolute Gasteiger partial charge is 0.303 e. The van der Waals surface area contributed by atoms with E-state index in [1.165, 1.54) is 0 Å². The number of rotatable bonds is 5. The van der Waals surface area contributed by atoms with E-state index < -0.39 is 5.97 Å². The minimum atomic E-state index is -0.772. The molecule has 1 amide bonds. The van der Waals surface area contributed by atoms with Gasteiger partial charge in [0, 0.05) is 44.4 Å². The van der Waals surface area contributed by atoms with Gasteiger partial charge in [-0.1, -0.05) is 0 Å². The number of carboxylic acids is 1. The monoisotopic (exact) mass is 277 g/mol. The van der Waals surface area contributed by atoms with Crippen molar-refractivity contribution >= 4 is 18.0 Å². The molecule has 1 aromatic rings. The van der Waals surface area contributed by atoms with Crippen molar-refractivity contribution in [2.45, 2.75) is 19.3 Å². The van der Waals surface area contributed by atoms with Crippen molar-refractivity contribution in [1.29, 1.82) is 0 Å². The Morgan fingerprint density at radius 3 is 3.00 bits per heavy atom. The number of carbonyl (C=O) groups is 2. The third-order valence-corrected chi connectivity index (χ3v) is 3.51. The van der Waals surface area contributed by atoms with Gasteiger partial charge in [-0.05, 0) is 24.8 Å². The third kappa shape index (κ3) is 3.94. The highest BCUT2D eigenvalue weighted by Gasteiger charge is 2.25. The quantitative estimate of drug-likeness (QED) is 0.819. The van der Waals surface area contributed by atoms with E-state index in [1.54, 1.807) is 27.9 Å². The molecule has 0 spiro atoms. The third-order valence-electron chi connectivity index (χ3n) is 3.51. The van der Waals surface area contributed by atoms with Gasteiger partial charge in [0.05, 0.1) is 6.20 Å². The summed E-state index contributed by atoms with van der Waals surface area (Å²) in [7, 11) is 1.83. The van der Waals surface area contributed by atoms with Crippen LogP contribution in [-0.4, -0.2) is 44.8 Å². The Morgan fingerprint density at radius 1 is 1.55 bits per heavy atom. The highest BCUT2D eigenvalue weighted by atomic mass is 16.4. The highest BCUT2D eigenvalue weighted by Crippen LogP contribution is 2.21. The van der Waals surface area contributed by atoms with Gasteiger partial charge in [0.25, 0.3) is 0 Å². The van der Waals surface area contributed by atoms with Gasteiger partial charge in [-0.2, -0.15) is 5.10 Å². The number of hydrogen-bond acceptors (Lipinski definition) is 3. The molecule has 1 saturated heterocycles. The van der Waals surface area contributed by atoms with Crippen molar-refractivity contribution in [3.63, 3.8) is 0 Å². The summed E-state index contributed by atoms with van der Waals surface area (Å²) in [6.07, 6.45) is 8.55. The average Bonchev–Trinajstić information content (AvgIpc) is 3.02. The van der Waals surface area contributed by atoms with Crippen LogP contribution in [0.5, 0.6) is 0 Å². The molecule has 6 nitrogen and oxygen atoms in total. The lowest BCUT2D eigenvalue weighted by Gasteiger charge is -2.13. The predicted octanol–water partition coefficient (Wildman–Crippen LogP) is 1.15. The second-order valence-electron chi connectivity index (χ2n) is 5.15. The van der Waals surface area contributed by atoms with Gasteiger partial charge in [-0.25, -0.2) is 0 Å². The number of likely N-dealkylation sites (tertiary alicyclic amines) is 1. The van der Waals surface area contributed by atoms with Gasteiger partial charge < -0.3 is 10.0 Å². The van der Waals surface area contributed by atoms with Gasteiger partial charge in [0.1, 0.15) is 0 Å². The number of aliphatic carboxylic acids is 1. The largest absolute Gasteiger partial charge is 0.481 e. The number of carbonyl (C=O) groups excluding carboxylic acids is 1. The Morgan fingerprint density at radius 2 is 2.35 bits per heavy atom. The van der Waals surface area contributed by atoms with Crippen molar-refractivity contribution in [3.05, 3.63) is 24.0 Å². The molecule has 1 aromatic heterocycles. The summed E-state index contributed by atoms with van der Waals surface area (Å²) in [4.78, 5) is 24.3. The van der Waals surface area contributed by atoms with Gasteiger partial charge in [0.2, 0.25) is 5.91 Å². The summed E-state index contributed by atoms with van der Waals surface area (Å²) in [6.45, 7) is 1.37. The molecule has 1 N–H and O–H groups in total. The predicted molar refractivity (Wildman–Crippen MR) is 73.8 cm³/mol. The summed E-state index contributed by atoms with van der Waals surface area (Å²) in [6, 6.07) is 0. The van der Waals surface area contributed by atoms with Crippen LogP contribution in [0, 0.1) is 5.92 Å². The van der Waals surface area contributed by atoms with E-state index in [-0.39, 0.29) is 12.3 Å². The maximum Gasteiger partial charge on any atom is 0.303 e. The van der Waals surface area contributed by atoms with Crippen LogP contribution < -0.4 is 0 Å².